The number of nitrogens with one attached hydrogen (secondary N) is 1. The Morgan fingerprint density at radius 1 is 1.47 bits per heavy atom. The summed E-state index contributed by atoms with van der Waals surface area (Å²) in [6.07, 6.45) is 5.52. The molecule has 1 aliphatic rings. The zero-order valence-corrected chi connectivity index (χ0v) is 9.72. The Kier molecular flexibility index (Phi) is 3.93. The van der Waals surface area contributed by atoms with Gasteiger partial charge in [0.25, 0.3) is 0 Å². The van der Waals surface area contributed by atoms with Crippen molar-refractivity contribution in [3.05, 3.63) is 24.0 Å². The van der Waals surface area contributed by atoms with Gasteiger partial charge in [0, 0.05) is 25.5 Å². The summed E-state index contributed by atoms with van der Waals surface area (Å²) in [6, 6.07) is 1.70. The normalized spacial score (nSPS) is 16.0. The van der Waals surface area contributed by atoms with Gasteiger partial charge in [-0.3, -0.25) is 4.98 Å². The third-order valence-corrected chi connectivity index (χ3v) is 2.99. The van der Waals surface area contributed by atoms with E-state index in [1.165, 1.54) is 19.0 Å². The molecule has 0 aliphatic carbocycles. The fraction of sp³-hybridized carbons (Fsp3) is 0.500. The van der Waals surface area contributed by atoms with Crippen LogP contribution < -0.4 is 5.32 Å². The van der Waals surface area contributed by atoms with Crippen LogP contribution in [0.3, 0.4) is 0 Å². The third kappa shape index (κ3) is 3.17. The molecule has 0 bridgehead atoms. The van der Waals surface area contributed by atoms with Crippen LogP contribution in [-0.4, -0.2) is 47.1 Å². The summed E-state index contributed by atoms with van der Waals surface area (Å²) in [7, 11) is 0. The lowest BCUT2D eigenvalue weighted by atomic mass is 10.2. The smallest absolute Gasteiger partial charge is 0.339 e. The van der Waals surface area contributed by atoms with Gasteiger partial charge in [-0.2, -0.15) is 0 Å². The van der Waals surface area contributed by atoms with E-state index < -0.39 is 5.97 Å². The summed E-state index contributed by atoms with van der Waals surface area (Å²) < 4.78 is 0. The predicted molar refractivity (Wildman–Crippen MR) is 65.4 cm³/mol. The number of anilines is 1. The number of hydrogen-bond acceptors (Lipinski definition) is 4. The van der Waals surface area contributed by atoms with Crippen LogP contribution >= 0.6 is 0 Å². The first kappa shape index (κ1) is 11.9. The summed E-state index contributed by atoms with van der Waals surface area (Å²) in [5, 5.41) is 12.1. The Hall–Kier alpha value is -1.62. The number of aromatic nitrogens is 1. The van der Waals surface area contributed by atoms with E-state index in [2.05, 4.69) is 15.2 Å². The van der Waals surface area contributed by atoms with E-state index in [9.17, 15) is 4.79 Å². The molecule has 0 spiro atoms. The van der Waals surface area contributed by atoms with Crippen molar-refractivity contribution in [2.24, 2.45) is 0 Å². The molecule has 0 aromatic carbocycles. The lowest BCUT2D eigenvalue weighted by molar-refractivity contribution is 0.0697. The minimum atomic E-state index is -0.943. The lowest BCUT2D eigenvalue weighted by Crippen LogP contribution is -2.26. The highest BCUT2D eigenvalue weighted by Crippen LogP contribution is 2.13. The second-order valence-electron chi connectivity index (χ2n) is 4.20. The number of rotatable bonds is 5. The van der Waals surface area contributed by atoms with Gasteiger partial charge in [-0.15, -0.1) is 0 Å². The Labute approximate surface area is 100 Å². The molecule has 5 nitrogen and oxygen atoms in total. The molecule has 0 radical (unpaired) electrons. The molecule has 1 fully saturated rings. The molecule has 0 unspecified atom stereocenters. The van der Waals surface area contributed by atoms with E-state index in [0.717, 1.165) is 26.2 Å². The van der Waals surface area contributed by atoms with Crippen molar-refractivity contribution in [2.45, 2.75) is 12.8 Å². The number of pyridine rings is 1. The molecule has 1 saturated heterocycles. The number of aromatic carboxylic acids is 1. The first-order valence-corrected chi connectivity index (χ1v) is 5.91. The van der Waals surface area contributed by atoms with Crippen LogP contribution in [0.1, 0.15) is 23.2 Å². The van der Waals surface area contributed by atoms with Crippen molar-refractivity contribution in [1.82, 2.24) is 9.88 Å². The van der Waals surface area contributed by atoms with Gasteiger partial charge in [-0.1, -0.05) is 0 Å². The van der Waals surface area contributed by atoms with Crippen LogP contribution in [0.4, 0.5) is 5.69 Å². The molecule has 2 rings (SSSR count). The molecule has 2 N–H and O–H groups in total. The Morgan fingerprint density at radius 3 is 2.94 bits per heavy atom. The zero-order valence-electron chi connectivity index (χ0n) is 9.72. The van der Waals surface area contributed by atoms with Crippen molar-refractivity contribution < 1.29 is 9.90 Å². The number of carboxylic acid groups (broad SMARTS) is 1. The topological polar surface area (TPSA) is 65.5 Å². The van der Waals surface area contributed by atoms with Gasteiger partial charge >= 0.3 is 5.97 Å². The Balaban J connectivity index is 1.87. The van der Waals surface area contributed by atoms with Crippen molar-refractivity contribution in [2.75, 3.05) is 31.5 Å². The number of nitrogens with zero attached hydrogens (tertiary/aromatic N) is 2. The van der Waals surface area contributed by atoms with Gasteiger partial charge in [0.05, 0.1) is 5.69 Å². The van der Waals surface area contributed by atoms with E-state index in [1.54, 1.807) is 12.3 Å². The maximum absolute atomic E-state index is 11.0. The minimum absolute atomic E-state index is 0.230. The molecule has 0 saturated carbocycles. The van der Waals surface area contributed by atoms with Gasteiger partial charge in [-0.05, 0) is 32.0 Å². The lowest BCUT2D eigenvalue weighted by Gasteiger charge is -2.15. The summed E-state index contributed by atoms with van der Waals surface area (Å²) in [5.41, 5.74) is 0.876. The van der Waals surface area contributed by atoms with E-state index in [4.69, 9.17) is 5.11 Å². The van der Waals surface area contributed by atoms with Crippen LogP contribution in [0.2, 0.25) is 0 Å². The van der Waals surface area contributed by atoms with Crippen LogP contribution in [0.25, 0.3) is 0 Å². The Bertz CT molecular complexity index is 389. The Morgan fingerprint density at radius 2 is 2.24 bits per heavy atom. The highest BCUT2D eigenvalue weighted by molar-refractivity contribution is 5.93. The maximum Gasteiger partial charge on any atom is 0.339 e. The molecular weight excluding hydrogens is 218 g/mol. The molecule has 0 amide bonds. The molecule has 1 aromatic heterocycles. The third-order valence-electron chi connectivity index (χ3n) is 2.99. The van der Waals surface area contributed by atoms with Gasteiger partial charge in [0.15, 0.2) is 0 Å². The van der Waals surface area contributed by atoms with Crippen LogP contribution in [0.5, 0.6) is 0 Å². The molecular formula is C12H17N3O2. The van der Waals surface area contributed by atoms with Gasteiger partial charge < -0.3 is 15.3 Å². The van der Waals surface area contributed by atoms with Crippen LogP contribution in [-0.2, 0) is 0 Å². The summed E-state index contributed by atoms with van der Waals surface area (Å²) in [4.78, 5) is 17.2. The maximum atomic E-state index is 11.0. The number of carbonyl (C=O) groups is 1. The molecule has 1 aliphatic heterocycles. The molecule has 17 heavy (non-hydrogen) atoms. The predicted octanol–water partition coefficient (Wildman–Crippen LogP) is 1.29. The van der Waals surface area contributed by atoms with Gasteiger partial charge in [0.1, 0.15) is 5.56 Å². The fourth-order valence-electron chi connectivity index (χ4n) is 2.07. The van der Waals surface area contributed by atoms with Crippen molar-refractivity contribution >= 4 is 11.7 Å². The van der Waals surface area contributed by atoms with E-state index >= 15 is 0 Å². The fourth-order valence-corrected chi connectivity index (χ4v) is 2.07. The SMILES string of the molecule is O=C(O)c1cnccc1NCCN1CCCC1. The average Bonchev–Trinajstić information content (AvgIpc) is 2.82. The van der Waals surface area contributed by atoms with E-state index in [0.29, 0.717) is 5.69 Å². The summed E-state index contributed by atoms with van der Waals surface area (Å²) >= 11 is 0. The highest BCUT2D eigenvalue weighted by Gasteiger charge is 2.12. The first-order valence-electron chi connectivity index (χ1n) is 5.91. The monoisotopic (exact) mass is 235 g/mol. The molecule has 0 atom stereocenters. The molecule has 2 heterocycles. The number of hydrogen-bond donors (Lipinski definition) is 2. The van der Waals surface area contributed by atoms with Gasteiger partial charge in [0.2, 0.25) is 0 Å². The average molecular weight is 235 g/mol. The highest BCUT2D eigenvalue weighted by atomic mass is 16.4. The largest absolute Gasteiger partial charge is 0.478 e. The molecule has 92 valence electrons. The second-order valence-corrected chi connectivity index (χ2v) is 4.20. The quantitative estimate of drug-likeness (QED) is 0.805. The van der Waals surface area contributed by atoms with Crippen LogP contribution in [0.15, 0.2) is 18.5 Å². The van der Waals surface area contributed by atoms with Crippen molar-refractivity contribution in [1.29, 1.82) is 0 Å². The van der Waals surface area contributed by atoms with Crippen LogP contribution in [0, 0.1) is 0 Å². The minimum Gasteiger partial charge on any atom is -0.478 e. The van der Waals surface area contributed by atoms with E-state index in [1.807, 2.05) is 0 Å². The van der Waals surface area contributed by atoms with Gasteiger partial charge in [-0.25, -0.2) is 4.79 Å². The number of carboxylic acids is 1. The van der Waals surface area contributed by atoms with Crippen molar-refractivity contribution in [3.8, 4) is 0 Å². The zero-order chi connectivity index (χ0) is 12.1. The first-order chi connectivity index (χ1) is 8.27. The molecule has 5 heteroatoms. The van der Waals surface area contributed by atoms with Crippen molar-refractivity contribution in [3.63, 3.8) is 0 Å². The number of likely N-dealkylation sites (tertiary alicyclic amines) is 1. The summed E-state index contributed by atoms with van der Waals surface area (Å²) in [6.45, 7) is 4.04. The summed E-state index contributed by atoms with van der Waals surface area (Å²) in [5.74, 6) is -0.943. The molecule has 1 aromatic rings. The standard InChI is InChI=1S/C12H17N3O2/c16-12(17)10-9-13-4-3-11(10)14-5-8-15-6-1-2-7-15/h3-4,9H,1-2,5-8H2,(H,13,14)(H,16,17). The second kappa shape index (κ2) is 5.63. The van der Waals surface area contributed by atoms with E-state index in [-0.39, 0.29) is 5.56 Å².